The van der Waals surface area contributed by atoms with Crippen molar-refractivity contribution in [3.8, 4) is 0 Å². The lowest BCUT2D eigenvalue weighted by molar-refractivity contribution is -0.124. The van der Waals surface area contributed by atoms with Gasteiger partial charge in [0, 0.05) is 24.2 Å². The lowest BCUT2D eigenvalue weighted by Gasteiger charge is -2.23. The molecular formula is C14H17FN6O6. The normalized spacial score (nSPS) is 30.3. The highest BCUT2D eigenvalue weighted by Gasteiger charge is 2.56. The largest absolute Gasteiger partial charge is 0.393 e. The van der Waals surface area contributed by atoms with E-state index in [4.69, 9.17) is 10.3 Å². The van der Waals surface area contributed by atoms with Gasteiger partial charge in [-0.2, -0.15) is 0 Å². The van der Waals surface area contributed by atoms with Crippen LogP contribution in [0, 0.1) is 0 Å². The van der Waals surface area contributed by atoms with Gasteiger partial charge in [0.25, 0.3) is 11.5 Å². The molecule has 146 valence electrons. The molecule has 2 aliphatic heterocycles. The number of hydrogen-bond acceptors (Lipinski definition) is 7. The topological polar surface area (TPSA) is 174 Å². The maximum absolute atomic E-state index is 14.6. The van der Waals surface area contributed by atoms with Crippen LogP contribution in [-0.2, 0) is 4.74 Å². The fourth-order valence-corrected chi connectivity index (χ4v) is 3.20. The molecule has 0 radical (unpaired) electrons. The number of azide groups is 1. The van der Waals surface area contributed by atoms with Crippen LogP contribution in [0.3, 0.4) is 0 Å². The van der Waals surface area contributed by atoms with Gasteiger partial charge in [-0.15, -0.1) is 0 Å². The molecule has 0 spiro atoms. The molecule has 1 amide bonds. The summed E-state index contributed by atoms with van der Waals surface area (Å²) in [5, 5.41) is 22.5. The number of carbonyl (C=O) groups excluding carboxylic acids is 1. The van der Waals surface area contributed by atoms with Crippen LogP contribution in [0.5, 0.6) is 0 Å². The quantitative estimate of drug-likeness (QED) is 0.341. The summed E-state index contributed by atoms with van der Waals surface area (Å²) in [6.07, 6.45) is -3.78. The van der Waals surface area contributed by atoms with Gasteiger partial charge in [-0.05, 0) is 18.4 Å². The Labute approximate surface area is 150 Å². The molecule has 3 heterocycles. The zero-order valence-electron chi connectivity index (χ0n) is 14.0. The van der Waals surface area contributed by atoms with Gasteiger partial charge in [0.1, 0.15) is 11.7 Å². The maximum atomic E-state index is 14.6. The van der Waals surface area contributed by atoms with Gasteiger partial charge in [0.05, 0.1) is 6.61 Å². The number of H-pyrrole nitrogens is 1. The third kappa shape index (κ3) is 3.10. The molecule has 2 aliphatic rings. The van der Waals surface area contributed by atoms with Crippen molar-refractivity contribution in [1.82, 2.24) is 14.5 Å². The molecule has 12 nitrogen and oxygen atoms in total. The van der Waals surface area contributed by atoms with E-state index >= 15 is 0 Å². The lowest BCUT2D eigenvalue weighted by atomic mass is 10.1. The van der Waals surface area contributed by atoms with Crippen molar-refractivity contribution in [2.24, 2.45) is 5.11 Å². The van der Waals surface area contributed by atoms with Gasteiger partial charge in [-0.1, -0.05) is 5.11 Å². The summed E-state index contributed by atoms with van der Waals surface area (Å²) in [5.41, 5.74) is 3.81. The number of ether oxygens (including phenoxy) is 1. The number of alkyl halides is 1. The molecule has 1 unspecified atom stereocenters. The van der Waals surface area contributed by atoms with Crippen LogP contribution in [0.1, 0.15) is 29.4 Å². The summed E-state index contributed by atoms with van der Waals surface area (Å²) < 4.78 is 20.3. The second-order valence-electron chi connectivity index (χ2n) is 6.30. The summed E-state index contributed by atoms with van der Waals surface area (Å²) in [5.74, 6) is -0.625. The molecule has 1 aromatic heterocycles. The Balaban J connectivity index is 2.03. The van der Waals surface area contributed by atoms with Crippen molar-refractivity contribution >= 4 is 5.91 Å². The van der Waals surface area contributed by atoms with E-state index in [9.17, 15) is 29.0 Å². The van der Waals surface area contributed by atoms with Gasteiger partial charge in [0.2, 0.25) is 5.72 Å². The van der Waals surface area contributed by atoms with E-state index in [0.29, 0.717) is 17.7 Å². The highest BCUT2D eigenvalue weighted by molar-refractivity contribution is 5.93. The predicted molar refractivity (Wildman–Crippen MR) is 86.4 cm³/mol. The first-order valence-electron chi connectivity index (χ1n) is 8.16. The van der Waals surface area contributed by atoms with Crippen LogP contribution in [0.25, 0.3) is 10.4 Å². The van der Waals surface area contributed by atoms with Gasteiger partial charge >= 0.3 is 5.69 Å². The van der Waals surface area contributed by atoms with Crippen molar-refractivity contribution in [2.75, 3.05) is 19.7 Å². The van der Waals surface area contributed by atoms with E-state index in [0.717, 1.165) is 19.0 Å². The van der Waals surface area contributed by atoms with Crippen molar-refractivity contribution in [1.29, 1.82) is 0 Å². The SMILES string of the molecule is [N-]=[N+]=N[C@]1(CO)O[C@@H](n2cc(C(=O)N3CCCC3)c(=O)[nH]c2=O)[C@@H](F)C1O. The summed E-state index contributed by atoms with van der Waals surface area (Å²) in [4.78, 5) is 42.4. The van der Waals surface area contributed by atoms with Crippen molar-refractivity contribution < 1.29 is 24.1 Å². The number of aromatic amines is 1. The Morgan fingerprint density at radius 2 is 2.15 bits per heavy atom. The number of carbonyl (C=O) groups is 1. The molecule has 3 rings (SSSR count). The lowest BCUT2D eigenvalue weighted by Crippen LogP contribution is -2.43. The molecule has 13 heteroatoms. The van der Waals surface area contributed by atoms with E-state index in [1.807, 2.05) is 4.98 Å². The number of nitrogens with zero attached hydrogens (tertiary/aromatic N) is 5. The zero-order valence-corrected chi connectivity index (χ0v) is 14.0. The van der Waals surface area contributed by atoms with Gasteiger partial charge in [0.15, 0.2) is 12.4 Å². The minimum absolute atomic E-state index is 0.396. The second kappa shape index (κ2) is 7.12. The Morgan fingerprint density at radius 3 is 2.74 bits per heavy atom. The number of amides is 1. The number of hydrogen-bond donors (Lipinski definition) is 3. The number of halogens is 1. The molecule has 3 N–H and O–H groups in total. The first-order chi connectivity index (χ1) is 12.8. The fourth-order valence-electron chi connectivity index (χ4n) is 3.20. The second-order valence-corrected chi connectivity index (χ2v) is 6.30. The van der Waals surface area contributed by atoms with Crippen molar-refractivity contribution in [3.05, 3.63) is 43.0 Å². The molecule has 4 atom stereocenters. The maximum Gasteiger partial charge on any atom is 0.330 e. The average molecular weight is 384 g/mol. The van der Waals surface area contributed by atoms with Gasteiger partial charge < -0.3 is 19.8 Å². The highest BCUT2D eigenvalue weighted by Crippen LogP contribution is 2.39. The highest BCUT2D eigenvalue weighted by atomic mass is 19.1. The van der Waals surface area contributed by atoms with Gasteiger partial charge in [-0.25, -0.2) is 9.18 Å². The molecule has 0 aromatic carbocycles. The van der Waals surface area contributed by atoms with Crippen LogP contribution in [0.4, 0.5) is 4.39 Å². The minimum atomic E-state index is -2.34. The smallest absolute Gasteiger partial charge is 0.330 e. The molecule has 0 bridgehead atoms. The Kier molecular flexibility index (Phi) is 5.02. The van der Waals surface area contributed by atoms with Crippen LogP contribution < -0.4 is 11.2 Å². The number of aliphatic hydroxyl groups is 2. The number of likely N-dealkylation sites (tertiary alicyclic amines) is 1. The first kappa shape index (κ1) is 19.0. The minimum Gasteiger partial charge on any atom is -0.393 e. The molecule has 0 aliphatic carbocycles. The van der Waals surface area contributed by atoms with Crippen molar-refractivity contribution in [3.63, 3.8) is 0 Å². The van der Waals surface area contributed by atoms with Crippen LogP contribution in [0.2, 0.25) is 0 Å². The summed E-state index contributed by atoms with van der Waals surface area (Å²) in [6, 6.07) is 0. The summed E-state index contributed by atoms with van der Waals surface area (Å²) in [6.45, 7) is -0.147. The monoisotopic (exact) mass is 384 g/mol. The van der Waals surface area contributed by atoms with Crippen LogP contribution in [-0.4, -0.2) is 68.3 Å². The Bertz CT molecular complexity index is 904. The average Bonchev–Trinajstić information content (AvgIpc) is 3.26. The van der Waals surface area contributed by atoms with E-state index in [1.165, 1.54) is 4.90 Å². The first-order valence-corrected chi connectivity index (χ1v) is 8.16. The fraction of sp³-hybridized carbons (Fsp3) is 0.643. The molecule has 0 saturated carbocycles. The number of rotatable bonds is 4. The number of aromatic nitrogens is 2. The number of aliphatic hydroxyl groups excluding tert-OH is 2. The number of nitrogens with one attached hydrogen (secondary N) is 1. The van der Waals surface area contributed by atoms with Gasteiger partial charge in [-0.3, -0.25) is 19.1 Å². The molecule has 27 heavy (non-hydrogen) atoms. The standard InChI is InChI=1S/C14H17FN6O6/c15-8-9(23)14(6-22,18-19-16)27-12(8)21-5-7(10(24)17-13(21)26)11(25)20-3-1-2-4-20/h5,8-9,12,22-23H,1-4,6H2,(H,17,24,26)/t8-,9?,12+,14+/m0/s1. The molecular weight excluding hydrogens is 367 g/mol. The Morgan fingerprint density at radius 1 is 1.48 bits per heavy atom. The van der Waals surface area contributed by atoms with E-state index in [-0.39, 0.29) is 0 Å². The van der Waals surface area contributed by atoms with E-state index in [1.54, 1.807) is 0 Å². The van der Waals surface area contributed by atoms with E-state index in [2.05, 4.69) is 10.0 Å². The van der Waals surface area contributed by atoms with E-state index < -0.39 is 53.6 Å². The zero-order chi connectivity index (χ0) is 19.8. The molecule has 2 saturated heterocycles. The molecule has 1 aromatic rings. The predicted octanol–water partition coefficient (Wildman–Crippen LogP) is -1.00. The summed E-state index contributed by atoms with van der Waals surface area (Å²) >= 11 is 0. The van der Waals surface area contributed by atoms with Crippen molar-refractivity contribution in [2.45, 2.75) is 37.1 Å². The molecule has 2 fully saturated rings. The third-order valence-corrected chi connectivity index (χ3v) is 4.67. The third-order valence-electron chi connectivity index (χ3n) is 4.67. The summed E-state index contributed by atoms with van der Waals surface area (Å²) in [7, 11) is 0. The van der Waals surface area contributed by atoms with Crippen LogP contribution in [0.15, 0.2) is 20.9 Å². The van der Waals surface area contributed by atoms with Crippen LogP contribution >= 0.6 is 0 Å². The Hall–Kier alpha value is -2.73.